The highest BCUT2D eigenvalue weighted by atomic mass is 127. The smallest absolute Gasteiger partial charge is 0.191 e. The second kappa shape index (κ2) is 12.7. The van der Waals surface area contributed by atoms with Gasteiger partial charge in [-0.3, -0.25) is 9.89 Å². The number of nitrogens with one attached hydrogen (secondary N) is 2. The van der Waals surface area contributed by atoms with Gasteiger partial charge in [0.2, 0.25) is 0 Å². The molecule has 0 amide bonds. The van der Waals surface area contributed by atoms with Crippen molar-refractivity contribution in [3.8, 4) is 0 Å². The van der Waals surface area contributed by atoms with E-state index in [0.29, 0.717) is 13.2 Å². The summed E-state index contributed by atoms with van der Waals surface area (Å²) in [7, 11) is 5.57. The van der Waals surface area contributed by atoms with Gasteiger partial charge < -0.3 is 19.8 Å². The van der Waals surface area contributed by atoms with E-state index >= 15 is 0 Å². The van der Waals surface area contributed by atoms with E-state index in [2.05, 4.69) is 58.8 Å². The number of guanidine groups is 1. The lowest BCUT2D eigenvalue weighted by Crippen LogP contribution is -2.43. The van der Waals surface area contributed by atoms with Crippen LogP contribution >= 0.6 is 24.0 Å². The third-order valence-electron chi connectivity index (χ3n) is 4.03. The summed E-state index contributed by atoms with van der Waals surface area (Å²) in [5.74, 6) is 1.74. The highest BCUT2D eigenvalue weighted by molar-refractivity contribution is 14.0. The lowest BCUT2D eigenvalue weighted by atomic mass is 10.1. The van der Waals surface area contributed by atoms with Crippen LogP contribution in [-0.4, -0.2) is 44.7 Å². The zero-order chi connectivity index (χ0) is 18.8. The Morgan fingerprint density at radius 1 is 1.19 bits per heavy atom. The minimum absolute atomic E-state index is 0. The number of furan rings is 1. The number of methoxy groups -OCH3 is 1. The summed E-state index contributed by atoms with van der Waals surface area (Å²) < 4.78 is 10.6. The number of hydrogen-bond donors (Lipinski definition) is 2. The molecule has 0 spiro atoms. The van der Waals surface area contributed by atoms with Crippen LogP contribution in [0, 0.1) is 0 Å². The average molecular weight is 486 g/mol. The van der Waals surface area contributed by atoms with Crippen molar-refractivity contribution in [3.05, 3.63) is 59.5 Å². The highest BCUT2D eigenvalue weighted by Crippen LogP contribution is 2.13. The SMILES string of the molecule is CN=C(NCc1ccccc1CN(C)Cc1ccco1)NC(C)COC.I. The zero-order valence-corrected chi connectivity index (χ0v) is 18.9. The Labute approximate surface area is 179 Å². The second-order valence-corrected chi connectivity index (χ2v) is 6.45. The molecule has 1 aromatic heterocycles. The molecule has 0 saturated carbocycles. The first kappa shape index (κ1) is 23.5. The molecule has 0 aliphatic rings. The van der Waals surface area contributed by atoms with E-state index in [9.17, 15) is 0 Å². The quantitative estimate of drug-likeness (QED) is 0.324. The lowest BCUT2D eigenvalue weighted by molar-refractivity contribution is 0.179. The zero-order valence-electron chi connectivity index (χ0n) is 16.6. The third-order valence-corrected chi connectivity index (χ3v) is 4.03. The molecule has 0 radical (unpaired) electrons. The van der Waals surface area contributed by atoms with E-state index in [-0.39, 0.29) is 30.0 Å². The molecular formula is C20H31IN4O2. The lowest BCUT2D eigenvalue weighted by Gasteiger charge is -2.20. The first-order chi connectivity index (χ1) is 12.6. The molecule has 2 N–H and O–H groups in total. The van der Waals surface area contributed by atoms with Gasteiger partial charge in [0.1, 0.15) is 5.76 Å². The summed E-state index contributed by atoms with van der Waals surface area (Å²) in [5.41, 5.74) is 2.54. The minimum Gasteiger partial charge on any atom is -0.468 e. The maximum Gasteiger partial charge on any atom is 0.191 e. The second-order valence-electron chi connectivity index (χ2n) is 6.45. The number of hydrogen-bond acceptors (Lipinski definition) is 4. The Bertz CT molecular complexity index is 676. The first-order valence-corrected chi connectivity index (χ1v) is 8.86. The van der Waals surface area contributed by atoms with Crippen LogP contribution in [0.5, 0.6) is 0 Å². The summed E-state index contributed by atoms with van der Waals surface area (Å²) in [6.07, 6.45) is 1.71. The predicted octanol–water partition coefficient (Wildman–Crippen LogP) is 3.23. The van der Waals surface area contributed by atoms with Crippen LogP contribution in [0.1, 0.15) is 23.8 Å². The molecule has 150 valence electrons. The van der Waals surface area contributed by atoms with Gasteiger partial charge in [0, 0.05) is 33.3 Å². The molecule has 27 heavy (non-hydrogen) atoms. The summed E-state index contributed by atoms with van der Waals surface area (Å²) in [6, 6.07) is 12.6. The van der Waals surface area contributed by atoms with Crippen LogP contribution in [-0.2, 0) is 24.4 Å². The maximum absolute atomic E-state index is 5.43. The number of benzene rings is 1. The number of rotatable bonds is 9. The van der Waals surface area contributed by atoms with Crippen molar-refractivity contribution in [1.29, 1.82) is 0 Å². The van der Waals surface area contributed by atoms with Gasteiger partial charge in [-0.1, -0.05) is 24.3 Å². The largest absolute Gasteiger partial charge is 0.468 e. The fourth-order valence-electron chi connectivity index (χ4n) is 2.80. The molecule has 0 aliphatic carbocycles. The van der Waals surface area contributed by atoms with Crippen LogP contribution in [0.3, 0.4) is 0 Å². The van der Waals surface area contributed by atoms with E-state index in [1.54, 1.807) is 20.4 Å². The normalized spacial score (nSPS) is 12.6. The van der Waals surface area contributed by atoms with E-state index in [1.165, 1.54) is 11.1 Å². The van der Waals surface area contributed by atoms with Crippen molar-refractivity contribution < 1.29 is 9.15 Å². The van der Waals surface area contributed by atoms with Crippen LogP contribution in [0.2, 0.25) is 0 Å². The molecule has 2 aromatic rings. The van der Waals surface area contributed by atoms with Crippen molar-refractivity contribution in [1.82, 2.24) is 15.5 Å². The Balaban J connectivity index is 0.00000364. The molecule has 0 fully saturated rings. The van der Waals surface area contributed by atoms with Crippen molar-refractivity contribution in [2.45, 2.75) is 32.6 Å². The van der Waals surface area contributed by atoms with Crippen LogP contribution in [0.25, 0.3) is 0 Å². The van der Waals surface area contributed by atoms with Crippen LogP contribution in [0.4, 0.5) is 0 Å². The van der Waals surface area contributed by atoms with Gasteiger partial charge in [0.15, 0.2) is 5.96 Å². The topological polar surface area (TPSA) is 62.0 Å². The Kier molecular flexibility index (Phi) is 11.1. The monoisotopic (exact) mass is 486 g/mol. The van der Waals surface area contributed by atoms with Crippen molar-refractivity contribution in [2.24, 2.45) is 4.99 Å². The van der Waals surface area contributed by atoms with Crippen molar-refractivity contribution in [2.75, 3.05) is 27.8 Å². The van der Waals surface area contributed by atoms with E-state index in [0.717, 1.165) is 24.8 Å². The van der Waals surface area contributed by atoms with Crippen molar-refractivity contribution >= 4 is 29.9 Å². The van der Waals surface area contributed by atoms with Crippen LogP contribution < -0.4 is 10.6 Å². The molecule has 0 bridgehead atoms. The molecular weight excluding hydrogens is 455 g/mol. The number of halogens is 1. The Hall–Kier alpha value is -1.58. The van der Waals surface area contributed by atoms with E-state index in [1.807, 2.05) is 12.1 Å². The van der Waals surface area contributed by atoms with E-state index in [4.69, 9.17) is 9.15 Å². The first-order valence-electron chi connectivity index (χ1n) is 8.86. The van der Waals surface area contributed by atoms with Gasteiger partial charge in [-0.05, 0) is 37.2 Å². The fourth-order valence-corrected chi connectivity index (χ4v) is 2.80. The summed E-state index contributed by atoms with van der Waals surface area (Å²) in [6.45, 7) is 5.05. The molecule has 0 aliphatic heterocycles. The summed E-state index contributed by atoms with van der Waals surface area (Å²) in [4.78, 5) is 6.52. The Morgan fingerprint density at radius 3 is 2.56 bits per heavy atom. The molecule has 1 unspecified atom stereocenters. The highest BCUT2D eigenvalue weighted by Gasteiger charge is 2.09. The number of aliphatic imine (C=N–C) groups is 1. The minimum atomic E-state index is 0. The van der Waals surface area contributed by atoms with Crippen molar-refractivity contribution in [3.63, 3.8) is 0 Å². The molecule has 2 rings (SSSR count). The van der Waals surface area contributed by atoms with Gasteiger partial charge in [-0.2, -0.15) is 0 Å². The third kappa shape index (κ3) is 8.32. The van der Waals surface area contributed by atoms with Gasteiger partial charge >= 0.3 is 0 Å². The fraction of sp³-hybridized carbons (Fsp3) is 0.450. The number of ether oxygens (including phenoxy) is 1. The Morgan fingerprint density at radius 2 is 1.93 bits per heavy atom. The van der Waals surface area contributed by atoms with Gasteiger partial charge in [0.05, 0.1) is 19.4 Å². The maximum atomic E-state index is 5.43. The summed E-state index contributed by atoms with van der Waals surface area (Å²) >= 11 is 0. The predicted molar refractivity (Wildman–Crippen MR) is 120 cm³/mol. The molecule has 6 nitrogen and oxygen atoms in total. The van der Waals surface area contributed by atoms with E-state index < -0.39 is 0 Å². The average Bonchev–Trinajstić information content (AvgIpc) is 3.12. The molecule has 7 heteroatoms. The standard InChI is InChI=1S/C20H30N4O2.HI/c1-16(15-25-4)23-20(21-2)22-12-17-8-5-6-9-18(17)13-24(3)14-19-10-7-11-26-19;/h5-11,16H,12-15H2,1-4H3,(H2,21,22,23);1H. The summed E-state index contributed by atoms with van der Waals surface area (Å²) in [5, 5.41) is 6.70. The van der Waals surface area contributed by atoms with Crippen LogP contribution in [0.15, 0.2) is 52.1 Å². The molecule has 1 aromatic carbocycles. The molecule has 1 heterocycles. The molecule has 0 saturated heterocycles. The molecule has 1 atom stereocenters. The van der Waals surface area contributed by atoms with Gasteiger partial charge in [-0.15, -0.1) is 24.0 Å². The number of nitrogens with zero attached hydrogens (tertiary/aromatic N) is 2. The van der Waals surface area contributed by atoms with Gasteiger partial charge in [0.25, 0.3) is 0 Å². The van der Waals surface area contributed by atoms with Gasteiger partial charge in [-0.25, -0.2) is 0 Å².